The monoisotopic (exact) mass is 278 g/mol. The third kappa shape index (κ3) is 5.61. The van der Waals surface area contributed by atoms with E-state index in [0.717, 1.165) is 26.1 Å². The van der Waals surface area contributed by atoms with E-state index >= 15 is 0 Å². The van der Waals surface area contributed by atoms with Gasteiger partial charge in [-0.1, -0.05) is 38.1 Å². The smallest absolute Gasteiger partial charge is 0.0589 e. The molecule has 20 heavy (non-hydrogen) atoms. The molecule has 114 valence electrons. The number of hydrogen-bond donors (Lipinski definition) is 1. The first-order valence-electron chi connectivity index (χ1n) is 7.76. The Morgan fingerprint density at radius 3 is 2.20 bits per heavy atom. The summed E-state index contributed by atoms with van der Waals surface area (Å²) >= 11 is 0. The van der Waals surface area contributed by atoms with Gasteiger partial charge in [0.1, 0.15) is 0 Å². The second-order valence-corrected chi connectivity index (χ2v) is 5.29. The van der Waals surface area contributed by atoms with E-state index in [1.54, 1.807) is 7.11 Å². The molecule has 1 aromatic carbocycles. The highest BCUT2D eigenvalue weighted by Crippen LogP contribution is 2.14. The average Bonchev–Trinajstić information content (AvgIpc) is 2.48. The molecule has 3 heteroatoms. The molecule has 0 spiro atoms. The molecule has 0 aromatic heterocycles. The van der Waals surface area contributed by atoms with Gasteiger partial charge in [-0.15, -0.1) is 0 Å². The van der Waals surface area contributed by atoms with E-state index in [-0.39, 0.29) is 0 Å². The molecule has 0 atom stereocenters. The van der Waals surface area contributed by atoms with Gasteiger partial charge in [-0.05, 0) is 36.9 Å². The van der Waals surface area contributed by atoms with E-state index in [0.29, 0.717) is 12.6 Å². The van der Waals surface area contributed by atoms with Crippen molar-refractivity contribution in [1.82, 2.24) is 4.90 Å². The molecule has 0 heterocycles. The number of nitrogens with two attached hydrogens (primary N) is 1. The Morgan fingerprint density at radius 1 is 1.10 bits per heavy atom. The van der Waals surface area contributed by atoms with Crippen LogP contribution in [-0.4, -0.2) is 37.7 Å². The van der Waals surface area contributed by atoms with Gasteiger partial charge in [0.2, 0.25) is 0 Å². The zero-order valence-electron chi connectivity index (χ0n) is 13.3. The maximum atomic E-state index is 5.59. The third-order valence-corrected chi connectivity index (χ3v) is 3.88. The molecule has 0 aliphatic carbocycles. The summed E-state index contributed by atoms with van der Waals surface area (Å²) < 4.78 is 5.24. The first-order valence-corrected chi connectivity index (χ1v) is 7.76. The fourth-order valence-electron chi connectivity index (χ4n) is 2.62. The van der Waals surface area contributed by atoms with E-state index in [2.05, 4.69) is 43.0 Å². The largest absolute Gasteiger partial charge is 0.383 e. The van der Waals surface area contributed by atoms with Crippen LogP contribution >= 0.6 is 0 Å². The van der Waals surface area contributed by atoms with Crippen molar-refractivity contribution in [2.45, 2.75) is 45.7 Å². The van der Waals surface area contributed by atoms with Gasteiger partial charge in [0.25, 0.3) is 0 Å². The van der Waals surface area contributed by atoms with E-state index in [1.807, 2.05) is 0 Å². The zero-order valence-corrected chi connectivity index (χ0v) is 13.3. The standard InChI is InChI=1S/C17H30N2O/c1-4-17(5-2)19(12-13-20-3)14-16-8-6-15(7-9-16)10-11-18/h6-9,17H,4-5,10-14,18H2,1-3H3. The van der Waals surface area contributed by atoms with Crippen LogP contribution in [0.3, 0.4) is 0 Å². The highest BCUT2D eigenvalue weighted by Gasteiger charge is 2.15. The predicted octanol–water partition coefficient (Wildman–Crippen LogP) is 2.82. The van der Waals surface area contributed by atoms with Gasteiger partial charge >= 0.3 is 0 Å². The lowest BCUT2D eigenvalue weighted by Gasteiger charge is -2.30. The lowest BCUT2D eigenvalue weighted by atomic mass is 10.1. The molecule has 0 amide bonds. The molecule has 0 saturated carbocycles. The summed E-state index contributed by atoms with van der Waals surface area (Å²) in [5.74, 6) is 0. The van der Waals surface area contributed by atoms with Gasteiger partial charge in [-0.2, -0.15) is 0 Å². The molecule has 0 fully saturated rings. The minimum atomic E-state index is 0.633. The van der Waals surface area contributed by atoms with Crippen LogP contribution < -0.4 is 5.73 Å². The van der Waals surface area contributed by atoms with Gasteiger partial charge in [-0.25, -0.2) is 0 Å². The third-order valence-electron chi connectivity index (χ3n) is 3.88. The normalized spacial score (nSPS) is 11.5. The maximum absolute atomic E-state index is 5.59. The number of benzene rings is 1. The molecule has 0 aliphatic rings. The summed E-state index contributed by atoms with van der Waals surface area (Å²) in [6, 6.07) is 9.49. The van der Waals surface area contributed by atoms with Gasteiger partial charge in [0, 0.05) is 26.2 Å². The molecule has 3 nitrogen and oxygen atoms in total. The Balaban J connectivity index is 2.67. The Kier molecular flexibility index (Phi) is 8.51. The molecule has 1 rings (SSSR count). The van der Waals surface area contributed by atoms with Crippen molar-refractivity contribution in [1.29, 1.82) is 0 Å². The molecule has 0 radical (unpaired) electrons. The molecule has 0 saturated heterocycles. The van der Waals surface area contributed by atoms with Crippen molar-refractivity contribution < 1.29 is 4.74 Å². The Bertz CT molecular complexity index is 347. The van der Waals surface area contributed by atoms with Crippen molar-refractivity contribution in [3.8, 4) is 0 Å². The molecule has 1 aromatic rings. The number of nitrogens with zero attached hydrogens (tertiary/aromatic N) is 1. The highest BCUT2D eigenvalue weighted by atomic mass is 16.5. The van der Waals surface area contributed by atoms with Gasteiger partial charge < -0.3 is 10.5 Å². The highest BCUT2D eigenvalue weighted by molar-refractivity contribution is 5.22. The van der Waals surface area contributed by atoms with E-state index in [4.69, 9.17) is 10.5 Å². The van der Waals surface area contributed by atoms with E-state index in [1.165, 1.54) is 24.0 Å². The molecule has 0 bridgehead atoms. The van der Waals surface area contributed by atoms with Crippen LogP contribution in [-0.2, 0) is 17.7 Å². The predicted molar refractivity (Wildman–Crippen MR) is 85.9 cm³/mol. The van der Waals surface area contributed by atoms with Crippen molar-refractivity contribution in [3.63, 3.8) is 0 Å². The number of rotatable bonds is 10. The first kappa shape index (κ1) is 17.2. The second-order valence-electron chi connectivity index (χ2n) is 5.29. The summed E-state index contributed by atoms with van der Waals surface area (Å²) in [4.78, 5) is 2.53. The summed E-state index contributed by atoms with van der Waals surface area (Å²) in [5, 5.41) is 0. The fourth-order valence-corrected chi connectivity index (χ4v) is 2.62. The van der Waals surface area contributed by atoms with Crippen LogP contribution in [0.2, 0.25) is 0 Å². The molecule has 0 aliphatic heterocycles. The lowest BCUT2D eigenvalue weighted by Crippen LogP contribution is -2.36. The Morgan fingerprint density at radius 2 is 1.70 bits per heavy atom. The van der Waals surface area contributed by atoms with Crippen molar-refractivity contribution in [2.24, 2.45) is 5.73 Å². The number of hydrogen-bond acceptors (Lipinski definition) is 3. The zero-order chi connectivity index (χ0) is 14.8. The van der Waals surface area contributed by atoms with Crippen LogP contribution in [0.5, 0.6) is 0 Å². The van der Waals surface area contributed by atoms with Crippen molar-refractivity contribution in [3.05, 3.63) is 35.4 Å². The second kappa shape index (κ2) is 9.92. The van der Waals surface area contributed by atoms with Gasteiger partial charge in [0.15, 0.2) is 0 Å². The maximum Gasteiger partial charge on any atom is 0.0589 e. The van der Waals surface area contributed by atoms with E-state index < -0.39 is 0 Å². The minimum Gasteiger partial charge on any atom is -0.383 e. The van der Waals surface area contributed by atoms with Crippen LogP contribution in [0, 0.1) is 0 Å². The fraction of sp³-hybridized carbons (Fsp3) is 0.647. The summed E-state index contributed by atoms with van der Waals surface area (Å²) in [7, 11) is 1.77. The molecular formula is C17H30N2O. The lowest BCUT2D eigenvalue weighted by molar-refractivity contribution is 0.110. The summed E-state index contributed by atoms with van der Waals surface area (Å²) in [6.45, 7) is 8.03. The topological polar surface area (TPSA) is 38.5 Å². The van der Waals surface area contributed by atoms with Crippen molar-refractivity contribution in [2.75, 3.05) is 26.8 Å². The number of methoxy groups -OCH3 is 1. The van der Waals surface area contributed by atoms with Crippen LogP contribution in [0.15, 0.2) is 24.3 Å². The first-order chi connectivity index (χ1) is 9.74. The van der Waals surface area contributed by atoms with Crippen molar-refractivity contribution >= 4 is 0 Å². The molecule has 2 N–H and O–H groups in total. The van der Waals surface area contributed by atoms with Crippen LogP contribution in [0.1, 0.15) is 37.8 Å². The SMILES string of the molecule is CCC(CC)N(CCOC)Cc1ccc(CCN)cc1. The number of ether oxygens (including phenoxy) is 1. The summed E-state index contributed by atoms with van der Waals surface area (Å²) in [6.07, 6.45) is 3.33. The van der Waals surface area contributed by atoms with Gasteiger partial charge in [-0.3, -0.25) is 4.90 Å². The van der Waals surface area contributed by atoms with Crippen LogP contribution in [0.4, 0.5) is 0 Å². The molecule has 0 unspecified atom stereocenters. The van der Waals surface area contributed by atoms with Crippen LogP contribution in [0.25, 0.3) is 0 Å². The Hall–Kier alpha value is -0.900. The van der Waals surface area contributed by atoms with E-state index in [9.17, 15) is 0 Å². The quantitative estimate of drug-likeness (QED) is 0.715. The van der Waals surface area contributed by atoms with Gasteiger partial charge in [0.05, 0.1) is 6.61 Å². The molecular weight excluding hydrogens is 248 g/mol. The Labute approximate surface area is 124 Å². The summed E-state index contributed by atoms with van der Waals surface area (Å²) in [5.41, 5.74) is 8.28. The average molecular weight is 278 g/mol. The minimum absolute atomic E-state index is 0.633.